The van der Waals surface area contributed by atoms with Crippen LogP contribution >= 0.6 is 0 Å². The zero-order chi connectivity index (χ0) is 12.4. The molecule has 0 aromatic heterocycles. The monoisotopic (exact) mass is 256 g/mol. The van der Waals surface area contributed by atoms with E-state index in [0.717, 1.165) is 0 Å². The normalized spacial score (nSPS) is 12.4. The van der Waals surface area contributed by atoms with Crippen LogP contribution in [0, 0.1) is 0 Å². The van der Waals surface area contributed by atoms with E-state index >= 15 is 0 Å². The summed E-state index contributed by atoms with van der Waals surface area (Å²) in [6.07, 6.45) is 2.02. The van der Waals surface area contributed by atoms with Gasteiger partial charge in [-0.1, -0.05) is 20.8 Å². The summed E-state index contributed by atoms with van der Waals surface area (Å²) >= 11 is 0. The Bertz CT molecular complexity index is 148. The lowest BCUT2D eigenvalue weighted by atomic mass is 10.5. The van der Waals surface area contributed by atoms with Crippen LogP contribution in [0.25, 0.3) is 0 Å². The minimum atomic E-state index is -3.77. The van der Waals surface area contributed by atoms with Crippen molar-refractivity contribution in [3.05, 3.63) is 0 Å². The first-order valence-electron chi connectivity index (χ1n) is 5.82. The number of alkyl halides is 2. The maximum atomic E-state index is 13.0. The van der Waals surface area contributed by atoms with E-state index < -0.39 is 14.9 Å². The molecule has 0 aliphatic carbocycles. The van der Waals surface area contributed by atoms with E-state index in [9.17, 15) is 8.78 Å². The van der Waals surface area contributed by atoms with E-state index in [1.807, 2.05) is 20.8 Å². The Hall–Kier alpha value is -0.0431. The standard InChI is InChI=1S/C10H22F2O3Si/c1-4-7-13-16(10(11)12,14-8-5-2)15-9-6-3/h10H,4-9H2,1-3H3. The highest BCUT2D eigenvalue weighted by molar-refractivity contribution is 6.61. The highest BCUT2D eigenvalue weighted by atomic mass is 28.4. The van der Waals surface area contributed by atoms with Crippen LogP contribution in [0.15, 0.2) is 0 Å². The van der Waals surface area contributed by atoms with Crippen LogP contribution in [0.1, 0.15) is 40.0 Å². The van der Waals surface area contributed by atoms with Gasteiger partial charge in [0, 0.05) is 19.8 Å². The van der Waals surface area contributed by atoms with Crippen LogP contribution < -0.4 is 0 Å². The maximum absolute atomic E-state index is 13.0. The molecule has 0 fully saturated rings. The number of rotatable bonds is 10. The summed E-state index contributed by atoms with van der Waals surface area (Å²) in [6.45, 7) is 6.36. The Morgan fingerprint density at radius 2 is 1.12 bits per heavy atom. The van der Waals surface area contributed by atoms with Gasteiger partial charge in [0.2, 0.25) is 0 Å². The molecule has 0 unspecified atom stereocenters. The molecule has 3 nitrogen and oxygen atoms in total. The van der Waals surface area contributed by atoms with Gasteiger partial charge in [-0.3, -0.25) is 0 Å². The zero-order valence-electron chi connectivity index (χ0n) is 10.3. The molecule has 0 aliphatic rings. The minimum absolute atomic E-state index is 0.254. The SMILES string of the molecule is CCCO[Si](OCCC)(OCCC)C(F)F. The molecule has 0 atom stereocenters. The summed E-state index contributed by atoms with van der Waals surface area (Å²) in [5.74, 6) is 0. The summed E-state index contributed by atoms with van der Waals surface area (Å²) in [7, 11) is -3.77. The number of hydrogen-bond acceptors (Lipinski definition) is 3. The van der Waals surface area contributed by atoms with Gasteiger partial charge in [-0.15, -0.1) is 0 Å². The van der Waals surface area contributed by atoms with Crippen LogP contribution in [-0.2, 0) is 13.3 Å². The highest BCUT2D eigenvalue weighted by Crippen LogP contribution is 2.20. The van der Waals surface area contributed by atoms with Gasteiger partial charge in [0.05, 0.1) is 0 Å². The van der Waals surface area contributed by atoms with E-state index in [-0.39, 0.29) is 19.8 Å². The van der Waals surface area contributed by atoms with Crippen LogP contribution in [0.3, 0.4) is 0 Å². The Kier molecular flexibility index (Phi) is 9.01. The molecule has 6 heteroatoms. The minimum Gasteiger partial charge on any atom is -0.370 e. The van der Waals surface area contributed by atoms with E-state index in [2.05, 4.69) is 0 Å². The molecular weight excluding hydrogens is 234 g/mol. The second-order valence-corrected chi connectivity index (χ2v) is 5.96. The van der Waals surface area contributed by atoms with Crippen molar-refractivity contribution in [2.24, 2.45) is 0 Å². The van der Waals surface area contributed by atoms with Gasteiger partial charge < -0.3 is 13.3 Å². The fourth-order valence-electron chi connectivity index (χ4n) is 1.05. The Balaban J connectivity index is 4.46. The van der Waals surface area contributed by atoms with Crippen molar-refractivity contribution in [1.82, 2.24) is 0 Å². The lowest BCUT2D eigenvalue weighted by Gasteiger charge is -2.28. The molecule has 0 N–H and O–H groups in total. The summed E-state index contributed by atoms with van der Waals surface area (Å²) in [6, 6.07) is -2.67. The third-order valence-electron chi connectivity index (χ3n) is 1.79. The molecule has 0 aromatic rings. The van der Waals surface area contributed by atoms with Crippen molar-refractivity contribution >= 4 is 8.80 Å². The van der Waals surface area contributed by atoms with E-state index in [1.165, 1.54) is 0 Å². The van der Waals surface area contributed by atoms with Crippen LogP contribution in [0.5, 0.6) is 0 Å². The smallest absolute Gasteiger partial charge is 0.370 e. The van der Waals surface area contributed by atoms with E-state index in [4.69, 9.17) is 13.3 Å². The Morgan fingerprint density at radius 3 is 1.31 bits per heavy atom. The first-order chi connectivity index (χ1) is 7.63. The lowest BCUT2D eigenvalue weighted by Crippen LogP contribution is -2.53. The molecule has 0 aliphatic heterocycles. The predicted molar refractivity (Wildman–Crippen MR) is 60.5 cm³/mol. The maximum Gasteiger partial charge on any atom is 0.571 e. The van der Waals surface area contributed by atoms with Gasteiger partial charge in [0.25, 0.3) is 0 Å². The third kappa shape index (κ3) is 5.34. The molecule has 0 saturated carbocycles. The number of hydrogen-bond donors (Lipinski definition) is 0. The average molecular weight is 256 g/mol. The van der Waals surface area contributed by atoms with Gasteiger partial charge in [-0.2, -0.15) is 0 Å². The lowest BCUT2D eigenvalue weighted by molar-refractivity contribution is 0.00321. The second-order valence-electron chi connectivity index (χ2n) is 3.45. The molecule has 0 saturated heterocycles. The molecule has 0 spiro atoms. The summed E-state index contributed by atoms with van der Waals surface area (Å²) < 4.78 is 41.6. The third-order valence-corrected chi connectivity index (χ3v) is 4.14. The number of halogens is 2. The quantitative estimate of drug-likeness (QED) is 0.562. The second kappa shape index (κ2) is 9.04. The van der Waals surface area contributed by atoms with Gasteiger partial charge in [0.1, 0.15) is 0 Å². The van der Waals surface area contributed by atoms with E-state index in [0.29, 0.717) is 19.3 Å². The van der Waals surface area contributed by atoms with Crippen LogP contribution in [0.4, 0.5) is 8.78 Å². The molecular formula is C10H22F2O3Si. The predicted octanol–water partition coefficient (Wildman–Crippen LogP) is 3.01. The van der Waals surface area contributed by atoms with Gasteiger partial charge >= 0.3 is 14.9 Å². The molecule has 16 heavy (non-hydrogen) atoms. The fourth-order valence-corrected chi connectivity index (χ4v) is 3.14. The Morgan fingerprint density at radius 1 is 0.812 bits per heavy atom. The Labute approximate surface area is 97.4 Å². The summed E-state index contributed by atoms with van der Waals surface area (Å²) in [4.78, 5) is 0. The molecule has 0 heterocycles. The zero-order valence-corrected chi connectivity index (χ0v) is 11.3. The molecule has 0 bridgehead atoms. The first kappa shape index (κ1) is 16.0. The van der Waals surface area contributed by atoms with Crippen molar-refractivity contribution in [2.45, 2.75) is 46.1 Å². The van der Waals surface area contributed by atoms with Crippen molar-refractivity contribution in [3.8, 4) is 0 Å². The van der Waals surface area contributed by atoms with E-state index in [1.54, 1.807) is 0 Å². The largest absolute Gasteiger partial charge is 0.571 e. The van der Waals surface area contributed by atoms with Crippen LogP contribution in [0.2, 0.25) is 0 Å². The summed E-state index contributed by atoms with van der Waals surface area (Å²) in [5, 5.41) is 0. The van der Waals surface area contributed by atoms with Crippen molar-refractivity contribution in [1.29, 1.82) is 0 Å². The topological polar surface area (TPSA) is 27.7 Å². The molecule has 0 radical (unpaired) electrons. The van der Waals surface area contributed by atoms with Crippen molar-refractivity contribution < 1.29 is 22.1 Å². The van der Waals surface area contributed by atoms with Gasteiger partial charge in [-0.05, 0) is 19.3 Å². The summed E-state index contributed by atoms with van der Waals surface area (Å²) in [5.41, 5.74) is 0. The van der Waals surface area contributed by atoms with Gasteiger partial charge in [-0.25, -0.2) is 8.78 Å². The van der Waals surface area contributed by atoms with Gasteiger partial charge in [0.15, 0.2) is 0 Å². The fraction of sp³-hybridized carbons (Fsp3) is 1.00. The molecule has 0 amide bonds. The molecule has 0 rings (SSSR count). The molecule has 0 aromatic carbocycles. The van der Waals surface area contributed by atoms with Crippen molar-refractivity contribution in [2.75, 3.05) is 19.8 Å². The van der Waals surface area contributed by atoms with Crippen molar-refractivity contribution in [3.63, 3.8) is 0 Å². The highest BCUT2D eigenvalue weighted by Gasteiger charge is 2.52. The molecule has 98 valence electrons. The van der Waals surface area contributed by atoms with Crippen LogP contribution in [-0.4, -0.2) is 34.7 Å². The average Bonchev–Trinajstić information content (AvgIpc) is 2.28. The first-order valence-corrected chi connectivity index (χ1v) is 7.63.